The highest BCUT2D eigenvalue weighted by molar-refractivity contribution is 5.92. The molecule has 22 heavy (non-hydrogen) atoms. The molecular formula is C18H23N3O. The van der Waals surface area contributed by atoms with E-state index in [9.17, 15) is 0 Å². The van der Waals surface area contributed by atoms with Crippen LogP contribution in [0.1, 0.15) is 19.4 Å². The van der Waals surface area contributed by atoms with Crippen LogP contribution in [0.25, 0.3) is 0 Å². The van der Waals surface area contributed by atoms with E-state index in [2.05, 4.69) is 29.4 Å². The first-order chi connectivity index (χ1) is 10.7. The molecule has 0 bridgehead atoms. The zero-order valence-corrected chi connectivity index (χ0v) is 13.1. The van der Waals surface area contributed by atoms with Gasteiger partial charge >= 0.3 is 0 Å². The minimum Gasteiger partial charge on any atom is -0.489 e. The zero-order chi connectivity index (χ0) is 15.8. The summed E-state index contributed by atoms with van der Waals surface area (Å²) in [5, 5.41) is 3.11. The third-order valence-electron chi connectivity index (χ3n) is 3.21. The number of nitrogens with two attached hydrogens (primary N) is 1. The predicted molar refractivity (Wildman–Crippen MR) is 92.5 cm³/mol. The Balaban J connectivity index is 1.86. The molecular weight excluding hydrogens is 274 g/mol. The van der Waals surface area contributed by atoms with E-state index < -0.39 is 0 Å². The summed E-state index contributed by atoms with van der Waals surface area (Å²) in [7, 11) is 0. The Kier molecular flexibility index (Phi) is 5.83. The van der Waals surface area contributed by atoms with Crippen LogP contribution in [0, 0.1) is 0 Å². The molecule has 0 fully saturated rings. The molecule has 0 aromatic heterocycles. The Hall–Kier alpha value is -2.49. The quantitative estimate of drug-likeness (QED) is 0.634. The lowest BCUT2D eigenvalue weighted by molar-refractivity contribution is 0.230. The van der Waals surface area contributed by atoms with E-state index in [-0.39, 0.29) is 6.10 Å². The van der Waals surface area contributed by atoms with Crippen LogP contribution in [0.15, 0.2) is 59.6 Å². The third-order valence-corrected chi connectivity index (χ3v) is 3.21. The number of nitrogens with one attached hydrogen (secondary N) is 1. The topological polar surface area (TPSA) is 59.6 Å². The van der Waals surface area contributed by atoms with Crippen LogP contribution in [0.2, 0.25) is 0 Å². The van der Waals surface area contributed by atoms with E-state index in [1.54, 1.807) is 0 Å². The highest BCUT2D eigenvalue weighted by atomic mass is 16.5. The van der Waals surface area contributed by atoms with Crippen LogP contribution in [-0.2, 0) is 6.42 Å². The van der Waals surface area contributed by atoms with Crippen LogP contribution in [0.4, 0.5) is 5.69 Å². The number of aliphatic imine (C=N–C) groups is 1. The van der Waals surface area contributed by atoms with E-state index in [4.69, 9.17) is 10.5 Å². The molecule has 116 valence electrons. The molecule has 2 rings (SSSR count). The van der Waals surface area contributed by atoms with E-state index >= 15 is 0 Å². The van der Waals surface area contributed by atoms with Crippen molar-refractivity contribution in [2.24, 2.45) is 10.7 Å². The van der Waals surface area contributed by atoms with Crippen molar-refractivity contribution in [3.8, 4) is 5.75 Å². The number of nitrogens with zero attached hydrogens (tertiary/aromatic N) is 1. The van der Waals surface area contributed by atoms with E-state index in [1.165, 1.54) is 5.56 Å². The van der Waals surface area contributed by atoms with Crippen LogP contribution < -0.4 is 15.8 Å². The molecule has 4 nitrogen and oxygen atoms in total. The number of guanidine groups is 1. The Bertz CT molecular complexity index is 611. The second-order valence-corrected chi connectivity index (χ2v) is 5.15. The maximum absolute atomic E-state index is 5.92. The van der Waals surface area contributed by atoms with E-state index in [0.717, 1.165) is 17.9 Å². The summed E-state index contributed by atoms with van der Waals surface area (Å²) in [6.45, 7) is 4.60. The average Bonchev–Trinajstić information content (AvgIpc) is 2.54. The van der Waals surface area contributed by atoms with Crippen molar-refractivity contribution in [2.75, 3.05) is 11.9 Å². The number of ether oxygens (including phenoxy) is 1. The Morgan fingerprint density at radius 3 is 2.68 bits per heavy atom. The molecule has 2 aromatic rings. The predicted octanol–water partition coefficient (Wildman–Crippen LogP) is 3.44. The lowest BCUT2D eigenvalue weighted by Crippen LogP contribution is -2.25. The van der Waals surface area contributed by atoms with Gasteiger partial charge in [-0.3, -0.25) is 0 Å². The molecule has 0 aliphatic heterocycles. The highest BCUT2D eigenvalue weighted by Gasteiger charge is 2.03. The fourth-order valence-electron chi connectivity index (χ4n) is 2.05. The van der Waals surface area contributed by atoms with Crippen LogP contribution in [0.5, 0.6) is 5.75 Å². The van der Waals surface area contributed by atoms with Gasteiger partial charge in [-0.15, -0.1) is 0 Å². The number of hydrogen-bond donors (Lipinski definition) is 2. The standard InChI is InChI=1S/C18H23N3O/c1-3-15-8-7-9-16(12-15)21-18(19)20-13-14(2)22-17-10-5-4-6-11-17/h4-12,14H,3,13H2,1-2H3,(H3,19,20,21). The maximum atomic E-state index is 5.92. The molecule has 3 N–H and O–H groups in total. The number of aryl methyl sites for hydroxylation is 1. The van der Waals surface area contributed by atoms with Crippen LogP contribution >= 0.6 is 0 Å². The number of para-hydroxylation sites is 1. The molecule has 0 aliphatic carbocycles. The molecule has 0 saturated heterocycles. The van der Waals surface area contributed by atoms with E-state index in [1.807, 2.05) is 49.4 Å². The summed E-state index contributed by atoms with van der Waals surface area (Å²) in [4.78, 5) is 4.33. The van der Waals surface area contributed by atoms with Gasteiger partial charge in [0, 0.05) is 5.69 Å². The molecule has 1 unspecified atom stereocenters. The first-order valence-electron chi connectivity index (χ1n) is 7.55. The Morgan fingerprint density at radius 2 is 1.95 bits per heavy atom. The van der Waals surface area contributed by atoms with Gasteiger partial charge in [-0.25, -0.2) is 4.99 Å². The Morgan fingerprint density at radius 1 is 1.18 bits per heavy atom. The molecule has 0 saturated carbocycles. The number of hydrogen-bond acceptors (Lipinski definition) is 2. The first-order valence-corrected chi connectivity index (χ1v) is 7.55. The lowest BCUT2D eigenvalue weighted by atomic mass is 10.1. The van der Waals surface area contributed by atoms with Gasteiger partial charge in [-0.05, 0) is 43.2 Å². The summed E-state index contributed by atoms with van der Waals surface area (Å²) >= 11 is 0. The molecule has 2 aromatic carbocycles. The van der Waals surface area contributed by atoms with E-state index in [0.29, 0.717) is 12.5 Å². The zero-order valence-electron chi connectivity index (χ0n) is 13.1. The minimum absolute atomic E-state index is 0.0373. The van der Waals surface area contributed by atoms with Crippen molar-refractivity contribution in [2.45, 2.75) is 26.4 Å². The fraction of sp³-hybridized carbons (Fsp3) is 0.278. The third kappa shape index (κ3) is 5.13. The first kappa shape index (κ1) is 15.9. The maximum Gasteiger partial charge on any atom is 0.193 e. The van der Waals surface area contributed by atoms with Gasteiger partial charge in [0.25, 0.3) is 0 Å². The van der Waals surface area contributed by atoms with Gasteiger partial charge in [0.2, 0.25) is 0 Å². The largest absolute Gasteiger partial charge is 0.489 e. The molecule has 4 heteroatoms. The molecule has 0 aliphatic rings. The smallest absolute Gasteiger partial charge is 0.193 e. The van der Waals surface area contributed by atoms with Crippen molar-refractivity contribution in [3.05, 3.63) is 60.2 Å². The summed E-state index contributed by atoms with van der Waals surface area (Å²) in [5.41, 5.74) is 8.14. The van der Waals surface area contributed by atoms with Crippen molar-refractivity contribution in [1.29, 1.82) is 0 Å². The molecule has 1 atom stereocenters. The van der Waals surface area contributed by atoms with Crippen LogP contribution in [0.3, 0.4) is 0 Å². The fourth-order valence-corrected chi connectivity index (χ4v) is 2.05. The van der Waals surface area contributed by atoms with Crippen molar-refractivity contribution >= 4 is 11.6 Å². The van der Waals surface area contributed by atoms with Crippen LogP contribution in [-0.4, -0.2) is 18.6 Å². The molecule has 0 heterocycles. The summed E-state index contributed by atoms with van der Waals surface area (Å²) in [6.07, 6.45) is 0.957. The number of benzene rings is 2. The van der Waals surface area contributed by atoms with Gasteiger partial charge in [-0.1, -0.05) is 37.3 Å². The second-order valence-electron chi connectivity index (χ2n) is 5.15. The normalized spacial score (nSPS) is 12.7. The molecule has 0 radical (unpaired) electrons. The summed E-state index contributed by atoms with van der Waals surface area (Å²) in [5.74, 6) is 1.24. The van der Waals surface area contributed by atoms with Gasteiger partial charge in [0.1, 0.15) is 11.9 Å². The summed E-state index contributed by atoms with van der Waals surface area (Å²) in [6, 6.07) is 17.9. The van der Waals surface area contributed by atoms with Crippen molar-refractivity contribution < 1.29 is 4.74 Å². The monoisotopic (exact) mass is 297 g/mol. The Labute approximate surface area is 132 Å². The van der Waals surface area contributed by atoms with Crippen molar-refractivity contribution in [3.63, 3.8) is 0 Å². The summed E-state index contributed by atoms with van der Waals surface area (Å²) < 4.78 is 5.76. The SMILES string of the molecule is CCc1cccc(NC(N)=NCC(C)Oc2ccccc2)c1. The van der Waals surface area contributed by atoms with Gasteiger partial charge in [0.15, 0.2) is 5.96 Å². The number of rotatable bonds is 6. The van der Waals surface area contributed by atoms with Gasteiger partial charge in [-0.2, -0.15) is 0 Å². The molecule has 0 amide bonds. The highest BCUT2D eigenvalue weighted by Crippen LogP contribution is 2.12. The average molecular weight is 297 g/mol. The molecule has 0 spiro atoms. The van der Waals surface area contributed by atoms with Gasteiger partial charge < -0.3 is 15.8 Å². The minimum atomic E-state index is -0.0373. The number of anilines is 1. The van der Waals surface area contributed by atoms with Gasteiger partial charge in [0.05, 0.1) is 6.54 Å². The second kappa shape index (κ2) is 8.08. The van der Waals surface area contributed by atoms with Crippen molar-refractivity contribution in [1.82, 2.24) is 0 Å². The lowest BCUT2D eigenvalue weighted by Gasteiger charge is -2.13.